The lowest BCUT2D eigenvalue weighted by Crippen LogP contribution is -2.42. The maximum Gasteiger partial charge on any atom is 0.142 e. The number of morpholine rings is 1. The predicted octanol–water partition coefficient (Wildman–Crippen LogP) is 3.00. The van der Waals surface area contributed by atoms with Gasteiger partial charge in [0.1, 0.15) is 17.0 Å². The number of hydrogen-bond donors (Lipinski definition) is 2. The molecule has 4 aromatic rings. The fraction of sp³-hybridized carbons (Fsp3) is 0.409. The third-order valence-electron chi connectivity index (χ3n) is 6.26. The Morgan fingerprint density at radius 2 is 2.00 bits per heavy atom. The van der Waals surface area contributed by atoms with Crippen LogP contribution in [-0.2, 0) is 17.7 Å². The van der Waals surface area contributed by atoms with Gasteiger partial charge < -0.3 is 10.1 Å². The van der Waals surface area contributed by atoms with Crippen LogP contribution in [0.25, 0.3) is 21.1 Å². The maximum absolute atomic E-state index is 5.47. The van der Waals surface area contributed by atoms with Gasteiger partial charge in [-0.2, -0.15) is 5.10 Å². The molecule has 1 saturated heterocycles. The number of ether oxygens (including phenoxy) is 1. The zero-order valence-electron chi connectivity index (χ0n) is 17.3. The summed E-state index contributed by atoms with van der Waals surface area (Å²) in [7, 11) is 0. The number of H-pyrrole nitrogens is 1. The second-order valence-electron chi connectivity index (χ2n) is 8.18. The Morgan fingerprint density at radius 3 is 2.94 bits per heavy atom. The molecule has 0 amide bonds. The first-order valence-electron chi connectivity index (χ1n) is 10.8. The lowest BCUT2D eigenvalue weighted by atomic mass is 10.0. The van der Waals surface area contributed by atoms with Crippen LogP contribution in [0.15, 0.2) is 30.7 Å². The minimum absolute atomic E-state index is 0.864. The molecule has 8 nitrogen and oxygen atoms in total. The molecule has 31 heavy (non-hydrogen) atoms. The van der Waals surface area contributed by atoms with Crippen molar-refractivity contribution >= 4 is 44.0 Å². The van der Waals surface area contributed by atoms with Crippen molar-refractivity contribution in [2.24, 2.45) is 0 Å². The molecule has 0 spiro atoms. The average Bonchev–Trinajstić information content (AvgIpc) is 3.42. The van der Waals surface area contributed by atoms with Crippen LogP contribution in [0, 0.1) is 0 Å². The Kier molecular flexibility index (Phi) is 5.03. The Balaban J connectivity index is 1.22. The summed E-state index contributed by atoms with van der Waals surface area (Å²) < 4.78 is 5.47. The van der Waals surface area contributed by atoms with Crippen LogP contribution in [0.3, 0.4) is 0 Å². The Bertz CT molecular complexity index is 1210. The molecule has 1 aromatic carbocycles. The van der Waals surface area contributed by atoms with Crippen LogP contribution < -0.4 is 5.32 Å². The topological polar surface area (TPSA) is 82.2 Å². The average molecular weight is 436 g/mol. The number of hydrogen-bond acceptors (Lipinski definition) is 8. The van der Waals surface area contributed by atoms with Crippen LogP contribution in [0.4, 0.5) is 11.5 Å². The molecule has 0 aliphatic carbocycles. The molecular formula is C22H25N7OS. The van der Waals surface area contributed by atoms with Crippen molar-refractivity contribution in [3.05, 3.63) is 41.2 Å². The summed E-state index contributed by atoms with van der Waals surface area (Å²) >= 11 is 1.81. The van der Waals surface area contributed by atoms with E-state index in [2.05, 4.69) is 47.4 Å². The van der Waals surface area contributed by atoms with Crippen LogP contribution in [0.2, 0.25) is 0 Å². The van der Waals surface area contributed by atoms with Gasteiger partial charge in [0.05, 0.1) is 30.3 Å². The second-order valence-corrected chi connectivity index (χ2v) is 9.27. The van der Waals surface area contributed by atoms with Gasteiger partial charge in [-0.25, -0.2) is 9.97 Å². The van der Waals surface area contributed by atoms with Crippen molar-refractivity contribution in [2.75, 3.05) is 51.3 Å². The van der Waals surface area contributed by atoms with Crippen molar-refractivity contribution in [1.29, 1.82) is 0 Å². The van der Waals surface area contributed by atoms with E-state index in [-0.39, 0.29) is 0 Å². The number of aromatic amines is 1. The number of nitrogens with zero attached hydrogens (tertiary/aromatic N) is 5. The van der Waals surface area contributed by atoms with Crippen molar-refractivity contribution in [3.8, 4) is 0 Å². The maximum atomic E-state index is 5.47. The third kappa shape index (κ3) is 3.78. The number of nitrogens with one attached hydrogen (secondary N) is 2. The van der Waals surface area contributed by atoms with Crippen molar-refractivity contribution in [3.63, 3.8) is 0 Å². The number of fused-ring (bicyclic) bond motifs is 4. The molecule has 2 aliphatic rings. The monoisotopic (exact) mass is 435 g/mol. The second kappa shape index (κ2) is 8.16. The number of aromatic nitrogens is 4. The molecule has 0 saturated carbocycles. The molecule has 6 rings (SSSR count). The van der Waals surface area contributed by atoms with Gasteiger partial charge in [0.25, 0.3) is 0 Å². The highest BCUT2D eigenvalue weighted by molar-refractivity contribution is 7.19. The van der Waals surface area contributed by atoms with Crippen LogP contribution in [0.1, 0.15) is 10.4 Å². The van der Waals surface area contributed by atoms with Crippen molar-refractivity contribution in [1.82, 2.24) is 30.0 Å². The van der Waals surface area contributed by atoms with E-state index in [1.54, 1.807) is 6.33 Å². The minimum Gasteiger partial charge on any atom is -0.379 e. The van der Waals surface area contributed by atoms with Crippen LogP contribution >= 0.6 is 11.3 Å². The predicted molar refractivity (Wildman–Crippen MR) is 123 cm³/mol. The quantitative estimate of drug-likeness (QED) is 0.499. The Labute approximate surface area is 184 Å². The molecule has 0 radical (unpaired) electrons. The molecule has 0 bridgehead atoms. The lowest BCUT2D eigenvalue weighted by Gasteiger charge is -2.31. The summed E-state index contributed by atoms with van der Waals surface area (Å²) in [6, 6.07) is 6.19. The molecule has 1 fully saturated rings. The normalized spacial score (nSPS) is 17.9. The standard InChI is InChI=1S/C22H25N7OS/c1-2-18-15(12-25-27-18)11-16(1)26-21-20-17-3-4-29(6-5-28-7-9-30-10-8-28)13-19(17)31-22(20)24-14-23-21/h1-2,11-12,14H,3-10,13H2,(H,25,27)(H,23,24,26). The SMILES string of the molecule is c1nc(Nc2ccc3[nH]ncc3c2)c2c3c(sc2n1)CN(CCN1CCOCC1)CC3. The van der Waals surface area contributed by atoms with Gasteiger partial charge >= 0.3 is 0 Å². The van der Waals surface area contributed by atoms with Gasteiger partial charge in [0.15, 0.2) is 0 Å². The van der Waals surface area contributed by atoms with E-state index in [4.69, 9.17) is 4.74 Å². The van der Waals surface area contributed by atoms with Gasteiger partial charge in [-0.15, -0.1) is 11.3 Å². The minimum atomic E-state index is 0.864. The van der Waals surface area contributed by atoms with E-state index in [0.29, 0.717) is 0 Å². The molecule has 0 unspecified atom stereocenters. The van der Waals surface area contributed by atoms with E-state index < -0.39 is 0 Å². The first kappa shape index (κ1) is 19.1. The van der Waals surface area contributed by atoms with E-state index in [0.717, 1.165) is 86.1 Å². The smallest absolute Gasteiger partial charge is 0.142 e. The molecule has 5 heterocycles. The molecule has 2 N–H and O–H groups in total. The number of thiophene rings is 1. The van der Waals surface area contributed by atoms with Crippen molar-refractivity contribution < 1.29 is 4.74 Å². The Morgan fingerprint density at radius 1 is 1.10 bits per heavy atom. The molecule has 160 valence electrons. The summed E-state index contributed by atoms with van der Waals surface area (Å²) in [6.45, 7) is 8.14. The fourth-order valence-electron chi connectivity index (χ4n) is 4.53. The first-order chi connectivity index (χ1) is 15.3. The van der Waals surface area contributed by atoms with E-state index in [1.807, 2.05) is 23.6 Å². The number of rotatable bonds is 5. The van der Waals surface area contributed by atoms with Gasteiger partial charge in [0.2, 0.25) is 0 Å². The van der Waals surface area contributed by atoms with Crippen LogP contribution in [0.5, 0.6) is 0 Å². The van der Waals surface area contributed by atoms with Gasteiger partial charge in [-0.3, -0.25) is 14.9 Å². The summed E-state index contributed by atoms with van der Waals surface area (Å²) in [5, 5.41) is 12.9. The molecular weight excluding hydrogens is 410 g/mol. The van der Waals surface area contributed by atoms with E-state index in [1.165, 1.54) is 15.8 Å². The van der Waals surface area contributed by atoms with Crippen molar-refractivity contribution in [2.45, 2.75) is 13.0 Å². The summed E-state index contributed by atoms with van der Waals surface area (Å²) in [5.41, 5.74) is 3.45. The zero-order valence-corrected chi connectivity index (χ0v) is 18.1. The Hall–Kier alpha value is -2.59. The highest BCUT2D eigenvalue weighted by Crippen LogP contribution is 2.38. The summed E-state index contributed by atoms with van der Waals surface area (Å²) in [4.78, 5) is 16.8. The molecule has 3 aromatic heterocycles. The largest absolute Gasteiger partial charge is 0.379 e. The zero-order chi connectivity index (χ0) is 20.6. The number of benzene rings is 1. The fourth-order valence-corrected chi connectivity index (χ4v) is 5.76. The number of anilines is 2. The first-order valence-corrected chi connectivity index (χ1v) is 11.6. The van der Waals surface area contributed by atoms with Gasteiger partial charge in [-0.05, 0) is 30.2 Å². The highest BCUT2D eigenvalue weighted by atomic mass is 32.1. The van der Waals surface area contributed by atoms with Gasteiger partial charge in [0, 0.05) is 55.2 Å². The molecule has 9 heteroatoms. The lowest BCUT2D eigenvalue weighted by molar-refractivity contribution is 0.0327. The molecule has 0 atom stereocenters. The summed E-state index contributed by atoms with van der Waals surface area (Å²) in [6.07, 6.45) is 4.55. The van der Waals surface area contributed by atoms with E-state index in [9.17, 15) is 0 Å². The molecule has 2 aliphatic heterocycles. The summed E-state index contributed by atoms with van der Waals surface area (Å²) in [5.74, 6) is 0.895. The van der Waals surface area contributed by atoms with Crippen LogP contribution in [-0.4, -0.2) is 75.9 Å². The van der Waals surface area contributed by atoms with Gasteiger partial charge in [-0.1, -0.05) is 0 Å². The third-order valence-corrected chi connectivity index (χ3v) is 7.38. The highest BCUT2D eigenvalue weighted by Gasteiger charge is 2.24. The van der Waals surface area contributed by atoms with E-state index >= 15 is 0 Å².